The molecule has 0 radical (unpaired) electrons. The number of fused-ring (bicyclic) bond motifs is 2. The van der Waals surface area contributed by atoms with Crippen LogP contribution in [0.3, 0.4) is 0 Å². The fourth-order valence-electron chi connectivity index (χ4n) is 5.67. The first-order valence-electron chi connectivity index (χ1n) is 13.4. The van der Waals surface area contributed by atoms with E-state index >= 15 is 0 Å². The highest BCUT2D eigenvalue weighted by Gasteiger charge is 2.51. The molecule has 1 aromatic carbocycles. The van der Waals surface area contributed by atoms with Crippen LogP contribution in [0.1, 0.15) is 70.7 Å². The monoisotopic (exact) mass is 650 g/mol. The number of piperidine rings is 1. The molecule has 0 aliphatic carbocycles. The molecule has 39 heavy (non-hydrogen) atoms. The molecule has 2 fully saturated rings. The van der Waals surface area contributed by atoms with Crippen molar-refractivity contribution in [2.45, 2.75) is 76.3 Å². The second-order valence-corrected chi connectivity index (χ2v) is 12.4. The molecule has 6 rings (SSSR count). The Morgan fingerprint density at radius 2 is 2.05 bits per heavy atom. The number of aromatic nitrogens is 4. The molecule has 1 unspecified atom stereocenters. The molecule has 2 aromatic heterocycles. The van der Waals surface area contributed by atoms with Gasteiger partial charge in [-0.3, -0.25) is 0 Å². The lowest BCUT2D eigenvalue weighted by Crippen LogP contribution is -2.54. The molecule has 1 spiro atoms. The van der Waals surface area contributed by atoms with Gasteiger partial charge in [-0.1, -0.05) is 6.07 Å². The number of hydrogen-bond acceptors (Lipinski definition) is 8. The molecule has 10 nitrogen and oxygen atoms in total. The fourth-order valence-corrected chi connectivity index (χ4v) is 6.28. The van der Waals surface area contributed by atoms with E-state index in [0.717, 1.165) is 39.9 Å². The van der Waals surface area contributed by atoms with Gasteiger partial charge in [-0.25, -0.2) is 23.8 Å². The Kier molecular flexibility index (Phi) is 6.81. The van der Waals surface area contributed by atoms with Crippen LogP contribution in [0.2, 0.25) is 0 Å². The van der Waals surface area contributed by atoms with Crippen LogP contribution in [0.4, 0.5) is 15.0 Å². The van der Waals surface area contributed by atoms with Gasteiger partial charge in [0.15, 0.2) is 15.6 Å². The van der Waals surface area contributed by atoms with Gasteiger partial charge in [-0.15, -0.1) is 0 Å². The number of benzene rings is 1. The standard InChI is InChI=1S/C27H32FIN6O4/c1-26(2,3)39-25(36)32-22-17-8-7-16(28)14-18(17)38-27(22)9-11-34(12-10-27)19-15-30-21-23(29)33-35(24(21)31-19)20-6-4-5-13-37-20/h7-8,14-15,20,22H,4-6,9-13H2,1-3H3,(H,32,36)/t20?,22-/m1/s1. The third-order valence-electron chi connectivity index (χ3n) is 7.50. The SMILES string of the molecule is CC(C)(C)OC(=O)N[C@@H]1c2ccc(F)cc2OC12CCN(c1cnc3c(I)nn(C4CCCCO4)c3n1)CC2. The van der Waals surface area contributed by atoms with Crippen molar-refractivity contribution in [2.75, 3.05) is 24.6 Å². The first-order chi connectivity index (χ1) is 18.6. The molecule has 3 aliphatic rings. The molecular formula is C27H32FIN6O4. The summed E-state index contributed by atoms with van der Waals surface area (Å²) in [7, 11) is 0. The average molecular weight is 650 g/mol. The van der Waals surface area contributed by atoms with Gasteiger partial charge in [0, 0.05) is 44.2 Å². The van der Waals surface area contributed by atoms with Crippen molar-refractivity contribution in [1.82, 2.24) is 25.1 Å². The van der Waals surface area contributed by atoms with Crippen LogP contribution in [0.5, 0.6) is 5.75 Å². The number of carbonyl (C=O) groups excluding carboxylic acids is 1. The van der Waals surface area contributed by atoms with Gasteiger partial charge in [0.2, 0.25) is 0 Å². The van der Waals surface area contributed by atoms with Crippen molar-refractivity contribution in [3.05, 3.63) is 39.5 Å². The van der Waals surface area contributed by atoms with E-state index in [1.807, 2.05) is 25.5 Å². The van der Waals surface area contributed by atoms with Crippen LogP contribution in [0.25, 0.3) is 11.2 Å². The highest BCUT2D eigenvalue weighted by molar-refractivity contribution is 14.1. The highest BCUT2D eigenvalue weighted by atomic mass is 127. The summed E-state index contributed by atoms with van der Waals surface area (Å²) in [5.41, 5.74) is 0.862. The molecule has 5 heterocycles. The van der Waals surface area contributed by atoms with Crippen LogP contribution in [-0.4, -0.2) is 56.7 Å². The maximum absolute atomic E-state index is 14.1. The van der Waals surface area contributed by atoms with E-state index < -0.39 is 23.3 Å². The van der Waals surface area contributed by atoms with E-state index in [2.05, 4.69) is 37.9 Å². The largest absolute Gasteiger partial charge is 0.484 e. The molecule has 1 amide bonds. The molecule has 2 saturated heterocycles. The van der Waals surface area contributed by atoms with Gasteiger partial charge >= 0.3 is 6.09 Å². The summed E-state index contributed by atoms with van der Waals surface area (Å²) in [6.07, 6.45) is 5.35. The summed E-state index contributed by atoms with van der Waals surface area (Å²) in [5.74, 6) is 0.830. The number of carbonyl (C=O) groups is 1. The number of nitrogens with one attached hydrogen (secondary N) is 1. The average Bonchev–Trinajstić information content (AvgIpc) is 3.37. The molecule has 1 N–H and O–H groups in total. The third kappa shape index (κ3) is 5.12. The lowest BCUT2D eigenvalue weighted by molar-refractivity contribution is -0.0372. The third-order valence-corrected chi connectivity index (χ3v) is 8.23. The zero-order chi connectivity index (χ0) is 27.4. The second-order valence-electron chi connectivity index (χ2n) is 11.4. The normalized spacial score (nSPS) is 22.5. The maximum atomic E-state index is 14.1. The number of hydrogen-bond donors (Lipinski definition) is 1. The Morgan fingerprint density at radius 1 is 1.26 bits per heavy atom. The predicted octanol–water partition coefficient (Wildman–Crippen LogP) is 5.27. The van der Waals surface area contributed by atoms with Crippen LogP contribution >= 0.6 is 22.6 Å². The van der Waals surface area contributed by atoms with E-state index in [4.69, 9.17) is 24.2 Å². The summed E-state index contributed by atoms with van der Waals surface area (Å²) in [6, 6.07) is 4.00. The van der Waals surface area contributed by atoms with Crippen molar-refractivity contribution < 1.29 is 23.4 Å². The van der Waals surface area contributed by atoms with Crippen molar-refractivity contribution >= 4 is 45.7 Å². The minimum atomic E-state index is -0.728. The molecule has 3 aromatic rings. The molecule has 0 bridgehead atoms. The Hall–Kier alpha value is -2.74. The number of amides is 1. The van der Waals surface area contributed by atoms with Gasteiger partial charge < -0.3 is 24.4 Å². The first kappa shape index (κ1) is 26.5. The first-order valence-corrected chi connectivity index (χ1v) is 14.5. The Morgan fingerprint density at radius 3 is 2.77 bits per heavy atom. The number of anilines is 1. The Labute approximate surface area is 239 Å². The number of rotatable bonds is 3. The van der Waals surface area contributed by atoms with E-state index in [9.17, 15) is 9.18 Å². The topological polar surface area (TPSA) is 104 Å². The van der Waals surface area contributed by atoms with E-state index in [0.29, 0.717) is 43.9 Å². The van der Waals surface area contributed by atoms with Crippen LogP contribution in [0, 0.1) is 9.52 Å². The maximum Gasteiger partial charge on any atom is 0.408 e. The Balaban J connectivity index is 1.24. The summed E-state index contributed by atoms with van der Waals surface area (Å²) in [5, 5.41) is 7.70. The van der Waals surface area contributed by atoms with E-state index in [-0.39, 0.29) is 12.0 Å². The van der Waals surface area contributed by atoms with Gasteiger partial charge in [0.1, 0.15) is 40.1 Å². The fraction of sp³-hybridized carbons (Fsp3) is 0.556. The predicted molar refractivity (Wildman–Crippen MR) is 150 cm³/mol. The van der Waals surface area contributed by atoms with Crippen LogP contribution < -0.4 is 15.0 Å². The summed E-state index contributed by atoms with van der Waals surface area (Å²) in [4.78, 5) is 24.6. The van der Waals surface area contributed by atoms with Crippen molar-refractivity contribution in [3.8, 4) is 5.75 Å². The van der Waals surface area contributed by atoms with Crippen LogP contribution in [-0.2, 0) is 9.47 Å². The Bertz CT molecular complexity index is 1390. The van der Waals surface area contributed by atoms with Crippen molar-refractivity contribution in [2.24, 2.45) is 0 Å². The highest BCUT2D eigenvalue weighted by Crippen LogP contribution is 2.49. The minimum Gasteiger partial charge on any atom is -0.484 e. The molecule has 0 saturated carbocycles. The van der Waals surface area contributed by atoms with Crippen molar-refractivity contribution in [3.63, 3.8) is 0 Å². The lowest BCUT2D eigenvalue weighted by Gasteiger charge is -2.42. The molecule has 12 heteroatoms. The summed E-state index contributed by atoms with van der Waals surface area (Å²) < 4.78 is 34.7. The van der Waals surface area contributed by atoms with E-state index in [1.54, 1.807) is 12.3 Å². The second kappa shape index (κ2) is 10.0. The van der Waals surface area contributed by atoms with Gasteiger partial charge in [0.25, 0.3) is 0 Å². The smallest absolute Gasteiger partial charge is 0.408 e. The van der Waals surface area contributed by atoms with Gasteiger partial charge in [-0.2, -0.15) is 5.10 Å². The zero-order valence-electron chi connectivity index (χ0n) is 22.2. The number of nitrogens with zero attached hydrogens (tertiary/aromatic N) is 5. The zero-order valence-corrected chi connectivity index (χ0v) is 24.4. The summed E-state index contributed by atoms with van der Waals surface area (Å²) >= 11 is 2.19. The van der Waals surface area contributed by atoms with Gasteiger partial charge in [0.05, 0.1) is 6.20 Å². The molecule has 2 atom stereocenters. The van der Waals surface area contributed by atoms with Gasteiger partial charge in [-0.05, 0) is 68.7 Å². The van der Waals surface area contributed by atoms with Crippen molar-refractivity contribution in [1.29, 1.82) is 0 Å². The number of alkyl carbamates (subject to hydrolysis) is 1. The number of halogens is 2. The van der Waals surface area contributed by atoms with Crippen LogP contribution in [0.15, 0.2) is 24.4 Å². The summed E-state index contributed by atoms with van der Waals surface area (Å²) in [6.45, 7) is 7.42. The molecule has 3 aliphatic heterocycles. The molecule has 208 valence electrons. The van der Waals surface area contributed by atoms with E-state index in [1.165, 1.54) is 12.1 Å². The quantitative estimate of drug-likeness (QED) is 0.383. The minimum absolute atomic E-state index is 0.135. The number of ether oxygens (including phenoxy) is 3. The lowest BCUT2D eigenvalue weighted by atomic mass is 9.82. The molecular weight excluding hydrogens is 618 g/mol.